The van der Waals surface area contributed by atoms with E-state index in [-0.39, 0.29) is 39.9 Å². The van der Waals surface area contributed by atoms with E-state index in [1.807, 2.05) is 13.8 Å². The summed E-state index contributed by atoms with van der Waals surface area (Å²) >= 11 is 0. The van der Waals surface area contributed by atoms with Gasteiger partial charge in [-0.2, -0.15) is 0 Å². The van der Waals surface area contributed by atoms with Crippen LogP contribution in [-0.4, -0.2) is 20.7 Å². The van der Waals surface area contributed by atoms with Gasteiger partial charge < -0.3 is 4.57 Å². The van der Waals surface area contributed by atoms with Crippen LogP contribution in [-0.2, 0) is 14.0 Å². The fourth-order valence-electron chi connectivity index (χ4n) is 4.22. The predicted octanol–water partition coefficient (Wildman–Crippen LogP) is 6.88. The monoisotopic (exact) mass is 414 g/mol. The van der Waals surface area contributed by atoms with Crippen molar-refractivity contribution in [2.24, 2.45) is 22.7 Å². The van der Waals surface area contributed by atoms with Crippen LogP contribution in [0.3, 0.4) is 0 Å². The van der Waals surface area contributed by atoms with Crippen LogP contribution in [0.4, 0.5) is 0 Å². The van der Waals surface area contributed by atoms with Crippen molar-refractivity contribution in [2.75, 3.05) is 12.3 Å². The normalized spacial score (nSPS) is 17.9. The minimum Gasteiger partial charge on any atom is -0.306 e. The van der Waals surface area contributed by atoms with Gasteiger partial charge in [-0.3, -0.25) is 0 Å². The highest BCUT2D eigenvalue weighted by molar-refractivity contribution is 8.52. The van der Waals surface area contributed by atoms with E-state index in [0.717, 1.165) is 12.8 Å². The molecule has 0 aromatic heterocycles. The zero-order chi connectivity index (χ0) is 21.1. The van der Waals surface area contributed by atoms with Gasteiger partial charge in [0.15, 0.2) is 0 Å². The Hall–Kier alpha value is -0.600. The minimum absolute atomic E-state index is 0.0811. The molecule has 0 spiro atoms. The minimum atomic E-state index is -3.85. The molecule has 0 aliphatic rings. The van der Waals surface area contributed by atoms with Gasteiger partial charge in [-0.15, -0.1) is 0 Å². The highest BCUT2D eigenvalue weighted by atomic mass is 32.8. The summed E-state index contributed by atoms with van der Waals surface area (Å²) in [6.07, 6.45) is -1.22. The molecule has 0 bridgehead atoms. The Morgan fingerprint density at radius 2 is 1.19 bits per heavy atom. The van der Waals surface area contributed by atoms with Crippen molar-refractivity contribution in [3.8, 4) is 0 Å². The van der Waals surface area contributed by atoms with Crippen LogP contribution in [0, 0.1) is 22.7 Å². The lowest BCUT2D eigenvalue weighted by molar-refractivity contribution is 0.316. The molecule has 2 unspecified atom stereocenters. The molecular formula is C22H39O3PS. The molecule has 0 aliphatic heterocycles. The molecule has 27 heavy (non-hydrogen) atoms. The van der Waals surface area contributed by atoms with Crippen LogP contribution < -0.4 is 0 Å². The molecule has 1 aromatic rings. The van der Waals surface area contributed by atoms with E-state index < -0.39 is 15.8 Å². The van der Waals surface area contributed by atoms with E-state index in [4.69, 9.17) is 0 Å². The molecule has 1 rings (SSSR count). The fraction of sp³-hybridized carbons (Fsp3) is 0.727. The van der Waals surface area contributed by atoms with Gasteiger partial charge in [-0.05, 0) is 47.6 Å². The van der Waals surface area contributed by atoms with Crippen molar-refractivity contribution < 1.29 is 13.0 Å². The molecule has 0 radical (unpaired) electrons. The molecule has 0 fully saturated rings. The maximum absolute atomic E-state index is 14.0. The third-order valence-corrected chi connectivity index (χ3v) is 12.8. The van der Waals surface area contributed by atoms with Crippen LogP contribution in [0.15, 0.2) is 35.2 Å². The van der Waals surface area contributed by atoms with Gasteiger partial charge >= 0.3 is 0 Å². The van der Waals surface area contributed by atoms with Gasteiger partial charge in [0.05, 0.1) is 4.90 Å². The van der Waals surface area contributed by atoms with E-state index in [1.54, 1.807) is 30.3 Å². The van der Waals surface area contributed by atoms with Crippen molar-refractivity contribution in [1.29, 1.82) is 0 Å². The first-order valence-corrected chi connectivity index (χ1v) is 14.1. The van der Waals surface area contributed by atoms with Crippen LogP contribution in [0.5, 0.6) is 0 Å². The molecule has 5 heteroatoms. The SMILES string of the molecule is CC(CC(C)(C)C)CP(=O)(CC(C)CC(C)(C)C)S(=O)(=O)c1ccccc1. The summed E-state index contributed by atoms with van der Waals surface area (Å²) in [6, 6.07) is 8.34. The van der Waals surface area contributed by atoms with Gasteiger partial charge in [0.2, 0.25) is 15.8 Å². The summed E-state index contributed by atoms with van der Waals surface area (Å²) < 4.78 is 40.8. The van der Waals surface area contributed by atoms with E-state index in [0.29, 0.717) is 0 Å². The Bertz CT molecular complexity index is 712. The quantitative estimate of drug-likeness (QED) is 0.436. The van der Waals surface area contributed by atoms with Gasteiger partial charge in [-0.25, -0.2) is 8.42 Å². The van der Waals surface area contributed by atoms with Gasteiger partial charge in [0, 0.05) is 12.3 Å². The fourth-order valence-corrected chi connectivity index (χ4v) is 12.0. The number of benzene rings is 1. The number of hydrogen-bond donors (Lipinski definition) is 0. The number of rotatable bonds is 8. The largest absolute Gasteiger partial charge is 0.306 e. The Morgan fingerprint density at radius 3 is 1.52 bits per heavy atom. The van der Waals surface area contributed by atoms with Crippen LogP contribution >= 0.6 is 6.34 Å². The van der Waals surface area contributed by atoms with Crippen LogP contribution in [0.25, 0.3) is 0 Å². The Labute approximate surface area is 167 Å². The third kappa shape index (κ3) is 7.74. The predicted molar refractivity (Wildman–Crippen MR) is 117 cm³/mol. The number of hydrogen-bond acceptors (Lipinski definition) is 3. The molecule has 3 nitrogen and oxygen atoms in total. The smallest absolute Gasteiger partial charge is 0.229 e. The molecule has 0 N–H and O–H groups in total. The first-order chi connectivity index (χ1) is 12.1. The van der Waals surface area contributed by atoms with E-state index in [2.05, 4.69) is 41.5 Å². The summed E-state index contributed by atoms with van der Waals surface area (Å²) in [5, 5.41) is 0. The molecule has 2 atom stereocenters. The van der Waals surface area contributed by atoms with Crippen molar-refractivity contribution >= 4 is 15.8 Å². The summed E-state index contributed by atoms with van der Waals surface area (Å²) in [7, 11) is -3.85. The van der Waals surface area contributed by atoms with Crippen LogP contribution in [0.2, 0.25) is 0 Å². The second kappa shape index (κ2) is 8.82. The van der Waals surface area contributed by atoms with E-state index >= 15 is 0 Å². The average Bonchev–Trinajstić information content (AvgIpc) is 2.43. The highest BCUT2D eigenvalue weighted by Crippen LogP contribution is 2.59. The summed E-state index contributed by atoms with van der Waals surface area (Å²) in [5.74, 6) is 0.187. The lowest BCUT2D eigenvalue weighted by atomic mass is 9.86. The first-order valence-electron chi connectivity index (χ1n) is 9.94. The summed E-state index contributed by atoms with van der Waals surface area (Å²) in [6.45, 7) is 16.9. The first kappa shape index (κ1) is 24.4. The molecule has 0 heterocycles. The lowest BCUT2D eigenvalue weighted by Gasteiger charge is -2.30. The van der Waals surface area contributed by atoms with E-state index in [1.165, 1.54) is 0 Å². The molecule has 0 amide bonds. The second-order valence-electron chi connectivity index (χ2n) is 10.7. The molecule has 156 valence electrons. The molecule has 1 aromatic carbocycles. The third-order valence-electron chi connectivity index (χ3n) is 4.58. The van der Waals surface area contributed by atoms with Crippen molar-refractivity contribution in [2.45, 2.75) is 73.1 Å². The molecule has 0 saturated heterocycles. The zero-order valence-corrected chi connectivity index (χ0v) is 20.2. The molecule has 0 saturated carbocycles. The maximum atomic E-state index is 14.0. The molecule has 0 aliphatic carbocycles. The summed E-state index contributed by atoms with van der Waals surface area (Å²) in [5.41, 5.74) is 0.162. The second-order valence-corrected chi connectivity index (χ2v) is 17.9. The average molecular weight is 415 g/mol. The van der Waals surface area contributed by atoms with Gasteiger partial charge in [-0.1, -0.05) is 73.6 Å². The lowest BCUT2D eigenvalue weighted by Crippen LogP contribution is -2.21. The van der Waals surface area contributed by atoms with Gasteiger partial charge in [0.1, 0.15) is 0 Å². The Morgan fingerprint density at radius 1 is 0.815 bits per heavy atom. The van der Waals surface area contributed by atoms with Crippen molar-refractivity contribution in [1.82, 2.24) is 0 Å². The standard InChI is InChI=1S/C22H39O3PS/c1-18(14-21(3,4)5)16-26(23,17-19(2)15-22(6,7)8)27(24,25)20-12-10-9-11-13-20/h9-13,18-19H,14-17H2,1-8H3. The Balaban J connectivity index is 3.25. The summed E-state index contributed by atoms with van der Waals surface area (Å²) in [4.78, 5) is 0.194. The Kier molecular flexibility index (Phi) is 7.99. The van der Waals surface area contributed by atoms with Gasteiger partial charge in [0.25, 0.3) is 0 Å². The van der Waals surface area contributed by atoms with E-state index in [9.17, 15) is 13.0 Å². The van der Waals surface area contributed by atoms with Crippen molar-refractivity contribution in [3.05, 3.63) is 30.3 Å². The topological polar surface area (TPSA) is 51.2 Å². The molecular weight excluding hydrogens is 375 g/mol. The van der Waals surface area contributed by atoms with Crippen LogP contribution in [0.1, 0.15) is 68.2 Å². The maximum Gasteiger partial charge on any atom is 0.229 e. The highest BCUT2D eigenvalue weighted by Gasteiger charge is 2.42. The zero-order valence-electron chi connectivity index (χ0n) is 18.5. The van der Waals surface area contributed by atoms with Crippen molar-refractivity contribution in [3.63, 3.8) is 0 Å².